The van der Waals surface area contributed by atoms with Crippen LogP contribution in [0.25, 0.3) is 0 Å². The fourth-order valence-electron chi connectivity index (χ4n) is 3.99. The van der Waals surface area contributed by atoms with E-state index in [0.717, 1.165) is 17.7 Å². The van der Waals surface area contributed by atoms with Crippen molar-refractivity contribution in [2.45, 2.75) is 23.8 Å². The number of carbonyl (C=O) groups is 2. The lowest BCUT2D eigenvalue weighted by molar-refractivity contribution is -0.148. The number of carbonyl (C=O) groups excluding carboxylic acids is 2. The molecule has 1 amide bonds. The molecule has 0 radical (unpaired) electrons. The first kappa shape index (κ1) is 24.5. The summed E-state index contributed by atoms with van der Waals surface area (Å²) >= 11 is 0. The number of hydrogen-bond acceptors (Lipinski definition) is 5. The van der Waals surface area contributed by atoms with Crippen LogP contribution in [0, 0.1) is 11.6 Å². The van der Waals surface area contributed by atoms with Crippen molar-refractivity contribution >= 4 is 27.6 Å². The Kier molecular flexibility index (Phi) is 7.23. The summed E-state index contributed by atoms with van der Waals surface area (Å²) in [7, 11) is -3.90. The standard InChI is InChI=1S/C25H22F2N2O5S/c26-21-11-10-18(14-22(21)27)28-24(30)16-34-25(31)15-23-20-9-5-4-6-17(20)12-13-29(23)35(32,33)19-7-2-1-3-8-19/h1-11,14,23H,12-13,15-16H2,(H,28,30). The molecule has 10 heteroatoms. The van der Waals surface area contributed by atoms with E-state index in [0.29, 0.717) is 12.0 Å². The molecule has 1 atom stereocenters. The Labute approximate surface area is 201 Å². The molecule has 1 heterocycles. The molecule has 3 aromatic carbocycles. The van der Waals surface area contributed by atoms with Crippen LogP contribution in [0.1, 0.15) is 23.6 Å². The van der Waals surface area contributed by atoms with E-state index in [1.165, 1.54) is 22.5 Å². The minimum atomic E-state index is -3.90. The van der Waals surface area contributed by atoms with Gasteiger partial charge in [0.05, 0.1) is 17.4 Å². The lowest BCUT2D eigenvalue weighted by atomic mass is 9.92. The molecule has 0 saturated carbocycles. The molecule has 7 nitrogen and oxygen atoms in total. The molecule has 182 valence electrons. The van der Waals surface area contributed by atoms with Gasteiger partial charge in [-0.05, 0) is 41.8 Å². The number of anilines is 1. The van der Waals surface area contributed by atoms with Gasteiger partial charge in [-0.3, -0.25) is 9.59 Å². The van der Waals surface area contributed by atoms with Crippen molar-refractivity contribution in [2.75, 3.05) is 18.5 Å². The summed E-state index contributed by atoms with van der Waals surface area (Å²) in [6.45, 7) is -0.486. The van der Waals surface area contributed by atoms with Gasteiger partial charge in [0.2, 0.25) is 10.0 Å². The maximum Gasteiger partial charge on any atom is 0.308 e. The van der Waals surface area contributed by atoms with E-state index in [1.807, 2.05) is 12.1 Å². The van der Waals surface area contributed by atoms with Crippen molar-refractivity contribution < 1.29 is 31.5 Å². The van der Waals surface area contributed by atoms with Crippen LogP contribution in [0.2, 0.25) is 0 Å². The van der Waals surface area contributed by atoms with Gasteiger partial charge in [-0.2, -0.15) is 4.31 Å². The van der Waals surface area contributed by atoms with E-state index in [4.69, 9.17) is 4.74 Å². The van der Waals surface area contributed by atoms with Gasteiger partial charge in [0.25, 0.3) is 5.91 Å². The second-order valence-electron chi connectivity index (χ2n) is 7.94. The summed E-state index contributed by atoms with van der Waals surface area (Å²) in [6.07, 6.45) is 0.186. The van der Waals surface area contributed by atoms with Gasteiger partial charge in [-0.15, -0.1) is 0 Å². The Morgan fingerprint density at radius 3 is 2.43 bits per heavy atom. The van der Waals surface area contributed by atoms with Gasteiger partial charge < -0.3 is 10.1 Å². The summed E-state index contributed by atoms with van der Waals surface area (Å²) in [6, 6.07) is 17.2. The number of ether oxygens (including phenoxy) is 1. The number of nitrogens with one attached hydrogen (secondary N) is 1. The zero-order valence-corrected chi connectivity index (χ0v) is 19.3. The van der Waals surface area contributed by atoms with E-state index >= 15 is 0 Å². The van der Waals surface area contributed by atoms with Gasteiger partial charge in [-0.1, -0.05) is 42.5 Å². The Morgan fingerprint density at radius 1 is 0.971 bits per heavy atom. The van der Waals surface area contributed by atoms with Crippen molar-refractivity contribution in [3.8, 4) is 0 Å². The molecule has 1 unspecified atom stereocenters. The smallest absolute Gasteiger partial charge is 0.308 e. The molecule has 1 aliphatic heterocycles. The van der Waals surface area contributed by atoms with E-state index < -0.39 is 46.2 Å². The number of benzene rings is 3. The minimum Gasteiger partial charge on any atom is -0.456 e. The molecule has 35 heavy (non-hydrogen) atoms. The molecular weight excluding hydrogens is 478 g/mol. The number of sulfonamides is 1. The highest BCUT2D eigenvalue weighted by Crippen LogP contribution is 2.36. The fraction of sp³-hybridized carbons (Fsp3) is 0.200. The van der Waals surface area contributed by atoms with E-state index in [2.05, 4.69) is 5.32 Å². The highest BCUT2D eigenvalue weighted by atomic mass is 32.2. The predicted molar refractivity (Wildman–Crippen MR) is 124 cm³/mol. The molecular formula is C25H22F2N2O5S. The molecule has 0 fully saturated rings. The van der Waals surface area contributed by atoms with E-state index in [-0.39, 0.29) is 23.5 Å². The largest absolute Gasteiger partial charge is 0.456 e. The van der Waals surface area contributed by atoms with Crippen LogP contribution in [-0.2, 0) is 30.8 Å². The molecule has 0 aliphatic carbocycles. The van der Waals surface area contributed by atoms with Crippen LogP contribution in [0.4, 0.5) is 14.5 Å². The lowest BCUT2D eigenvalue weighted by Gasteiger charge is -2.36. The first-order valence-electron chi connectivity index (χ1n) is 10.8. The minimum absolute atomic E-state index is 0.00582. The molecule has 3 aromatic rings. The third-order valence-electron chi connectivity index (χ3n) is 5.64. The third kappa shape index (κ3) is 5.55. The zero-order valence-electron chi connectivity index (χ0n) is 18.5. The Hall–Kier alpha value is -3.63. The highest BCUT2D eigenvalue weighted by molar-refractivity contribution is 7.89. The maximum absolute atomic E-state index is 13.4. The van der Waals surface area contributed by atoms with Crippen LogP contribution in [0.3, 0.4) is 0 Å². The summed E-state index contributed by atoms with van der Waals surface area (Å²) < 4.78 is 59.4. The topological polar surface area (TPSA) is 92.8 Å². The molecule has 4 rings (SSSR count). The zero-order chi connectivity index (χ0) is 25.0. The van der Waals surface area contributed by atoms with Crippen LogP contribution in [0.5, 0.6) is 0 Å². The quantitative estimate of drug-likeness (QED) is 0.498. The number of nitrogens with zero attached hydrogens (tertiary/aromatic N) is 1. The molecule has 0 aromatic heterocycles. The summed E-state index contributed by atoms with van der Waals surface area (Å²) in [5.41, 5.74) is 1.63. The maximum atomic E-state index is 13.4. The van der Waals surface area contributed by atoms with E-state index in [9.17, 15) is 26.8 Å². The first-order valence-corrected chi connectivity index (χ1v) is 12.2. The van der Waals surface area contributed by atoms with E-state index in [1.54, 1.807) is 30.3 Å². The molecule has 0 bridgehead atoms. The molecule has 0 spiro atoms. The number of amides is 1. The number of rotatable bonds is 7. The van der Waals surface area contributed by atoms with Crippen molar-refractivity contribution in [3.05, 3.63) is 95.6 Å². The van der Waals surface area contributed by atoms with Gasteiger partial charge in [-0.25, -0.2) is 17.2 Å². The van der Waals surface area contributed by atoms with Crippen LogP contribution in [0.15, 0.2) is 77.7 Å². The molecule has 1 N–H and O–H groups in total. The highest BCUT2D eigenvalue weighted by Gasteiger charge is 2.37. The Morgan fingerprint density at radius 2 is 1.69 bits per heavy atom. The fourth-order valence-corrected chi connectivity index (χ4v) is 5.62. The number of fused-ring (bicyclic) bond motifs is 1. The Balaban J connectivity index is 1.48. The lowest BCUT2D eigenvalue weighted by Crippen LogP contribution is -2.41. The van der Waals surface area contributed by atoms with Crippen molar-refractivity contribution in [1.29, 1.82) is 0 Å². The number of halogens is 2. The SMILES string of the molecule is O=C(COC(=O)CC1c2ccccc2CCN1S(=O)(=O)c1ccccc1)Nc1ccc(F)c(F)c1. The second-order valence-corrected chi connectivity index (χ2v) is 9.83. The normalized spacial score (nSPS) is 15.8. The average Bonchev–Trinajstić information content (AvgIpc) is 2.85. The van der Waals surface area contributed by atoms with Crippen LogP contribution >= 0.6 is 0 Å². The van der Waals surface area contributed by atoms with Gasteiger partial charge in [0.1, 0.15) is 0 Å². The summed E-state index contributed by atoms with van der Waals surface area (Å²) in [5.74, 6) is -3.71. The van der Waals surface area contributed by atoms with Gasteiger partial charge in [0, 0.05) is 18.3 Å². The average molecular weight is 501 g/mol. The molecule has 0 saturated heterocycles. The van der Waals surface area contributed by atoms with Crippen molar-refractivity contribution in [3.63, 3.8) is 0 Å². The first-order chi connectivity index (χ1) is 16.8. The third-order valence-corrected chi connectivity index (χ3v) is 7.56. The number of hydrogen-bond donors (Lipinski definition) is 1. The molecule has 1 aliphatic rings. The predicted octanol–water partition coefficient (Wildman–Crippen LogP) is 3.82. The summed E-state index contributed by atoms with van der Waals surface area (Å²) in [4.78, 5) is 24.9. The van der Waals surface area contributed by atoms with Crippen molar-refractivity contribution in [2.24, 2.45) is 0 Å². The Bertz CT molecular complexity index is 1350. The van der Waals surface area contributed by atoms with Crippen LogP contribution < -0.4 is 5.32 Å². The van der Waals surface area contributed by atoms with Gasteiger partial charge in [0.15, 0.2) is 18.2 Å². The van der Waals surface area contributed by atoms with Gasteiger partial charge >= 0.3 is 5.97 Å². The van der Waals surface area contributed by atoms with Crippen molar-refractivity contribution in [1.82, 2.24) is 4.31 Å². The summed E-state index contributed by atoms with van der Waals surface area (Å²) in [5, 5.41) is 2.31. The monoisotopic (exact) mass is 500 g/mol. The van der Waals surface area contributed by atoms with Crippen LogP contribution in [-0.4, -0.2) is 37.8 Å². The number of esters is 1. The second kappa shape index (κ2) is 10.3.